The van der Waals surface area contributed by atoms with Gasteiger partial charge >= 0.3 is 0 Å². The highest BCUT2D eigenvalue weighted by molar-refractivity contribution is 9.10. The van der Waals surface area contributed by atoms with Crippen molar-refractivity contribution < 1.29 is 9.50 Å². The Bertz CT molecular complexity index is 386. The fraction of sp³-hybridized carbons (Fsp3) is 0.545. The zero-order valence-electron chi connectivity index (χ0n) is 9.03. The van der Waals surface area contributed by atoms with Gasteiger partial charge in [0.2, 0.25) is 0 Å². The van der Waals surface area contributed by atoms with Gasteiger partial charge in [0.1, 0.15) is 0 Å². The summed E-state index contributed by atoms with van der Waals surface area (Å²) >= 11 is 3.18. The number of pyridine rings is 1. The number of rotatable bonds is 2. The van der Waals surface area contributed by atoms with E-state index in [2.05, 4.69) is 20.9 Å². The Hall–Kier alpha value is -0.680. The van der Waals surface area contributed by atoms with Crippen LogP contribution in [0.3, 0.4) is 0 Å². The van der Waals surface area contributed by atoms with E-state index < -0.39 is 0 Å². The molecule has 1 saturated heterocycles. The second kappa shape index (κ2) is 4.67. The molecule has 2 rings (SSSR count). The van der Waals surface area contributed by atoms with Crippen molar-refractivity contribution >= 4 is 21.7 Å². The number of halogens is 2. The van der Waals surface area contributed by atoms with Crippen molar-refractivity contribution in [3.63, 3.8) is 0 Å². The zero-order valence-corrected chi connectivity index (χ0v) is 10.6. The topological polar surface area (TPSA) is 36.4 Å². The van der Waals surface area contributed by atoms with Gasteiger partial charge in [-0.3, -0.25) is 0 Å². The molecule has 3 nitrogen and oxygen atoms in total. The van der Waals surface area contributed by atoms with E-state index >= 15 is 0 Å². The molecule has 0 aromatic carbocycles. The van der Waals surface area contributed by atoms with Crippen molar-refractivity contribution in [3.8, 4) is 0 Å². The van der Waals surface area contributed by atoms with Crippen LogP contribution in [-0.2, 0) is 0 Å². The summed E-state index contributed by atoms with van der Waals surface area (Å²) in [5.74, 6) is 0.275. The van der Waals surface area contributed by atoms with Gasteiger partial charge in [-0.25, -0.2) is 9.37 Å². The van der Waals surface area contributed by atoms with Gasteiger partial charge in [-0.2, -0.15) is 0 Å². The maximum absolute atomic E-state index is 13.6. The molecule has 2 atom stereocenters. The molecule has 88 valence electrons. The van der Waals surface area contributed by atoms with E-state index in [0.717, 1.165) is 13.0 Å². The van der Waals surface area contributed by atoms with E-state index in [4.69, 9.17) is 0 Å². The number of aliphatic hydroxyl groups is 1. The van der Waals surface area contributed by atoms with Gasteiger partial charge in [-0.15, -0.1) is 0 Å². The van der Waals surface area contributed by atoms with Crippen molar-refractivity contribution in [1.82, 2.24) is 4.98 Å². The standard InChI is InChI=1S/C11H14BrFN2O/c1-7(16)8-2-3-15(6-8)11-10(13)4-9(12)5-14-11/h4-5,7-8,16H,2-3,6H2,1H3. The third-order valence-electron chi connectivity index (χ3n) is 2.99. The van der Waals surface area contributed by atoms with Crippen molar-refractivity contribution in [2.75, 3.05) is 18.0 Å². The van der Waals surface area contributed by atoms with Crippen LogP contribution >= 0.6 is 15.9 Å². The minimum atomic E-state index is -0.344. The van der Waals surface area contributed by atoms with E-state index in [1.165, 1.54) is 6.07 Å². The Morgan fingerprint density at radius 1 is 1.69 bits per heavy atom. The summed E-state index contributed by atoms with van der Waals surface area (Å²) in [6.45, 7) is 3.20. The predicted octanol–water partition coefficient (Wildman–Crippen LogP) is 2.19. The van der Waals surface area contributed by atoms with Crippen LogP contribution < -0.4 is 4.90 Å². The van der Waals surface area contributed by atoms with Crippen LogP contribution in [0.2, 0.25) is 0 Å². The first-order valence-corrected chi connectivity index (χ1v) is 6.11. The highest BCUT2D eigenvalue weighted by Gasteiger charge is 2.28. The number of aliphatic hydroxyl groups excluding tert-OH is 1. The maximum Gasteiger partial charge on any atom is 0.166 e. The molecular weight excluding hydrogens is 275 g/mol. The van der Waals surface area contributed by atoms with Crippen LogP contribution in [0.5, 0.6) is 0 Å². The minimum absolute atomic E-state index is 0.213. The molecule has 0 radical (unpaired) electrons. The van der Waals surface area contributed by atoms with Gasteiger partial charge < -0.3 is 10.0 Å². The normalized spacial score (nSPS) is 22.5. The first-order valence-electron chi connectivity index (χ1n) is 5.32. The summed E-state index contributed by atoms with van der Waals surface area (Å²) in [5.41, 5.74) is 0. The van der Waals surface area contributed by atoms with E-state index in [9.17, 15) is 9.50 Å². The van der Waals surface area contributed by atoms with Crippen molar-refractivity contribution in [2.45, 2.75) is 19.4 Å². The smallest absolute Gasteiger partial charge is 0.166 e. The molecule has 1 aromatic heterocycles. The lowest BCUT2D eigenvalue weighted by Gasteiger charge is -2.19. The molecule has 16 heavy (non-hydrogen) atoms. The highest BCUT2D eigenvalue weighted by atomic mass is 79.9. The number of aromatic nitrogens is 1. The second-order valence-corrected chi connectivity index (χ2v) is 5.11. The predicted molar refractivity (Wildman–Crippen MR) is 63.9 cm³/mol. The second-order valence-electron chi connectivity index (χ2n) is 4.19. The summed E-state index contributed by atoms with van der Waals surface area (Å²) in [6, 6.07) is 1.41. The first kappa shape index (κ1) is 11.8. The fourth-order valence-corrected chi connectivity index (χ4v) is 2.32. The largest absolute Gasteiger partial charge is 0.393 e. The van der Waals surface area contributed by atoms with E-state index in [0.29, 0.717) is 16.8 Å². The lowest BCUT2D eigenvalue weighted by molar-refractivity contribution is 0.136. The zero-order chi connectivity index (χ0) is 11.7. The molecule has 1 fully saturated rings. The van der Waals surface area contributed by atoms with Crippen LogP contribution in [0.15, 0.2) is 16.7 Å². The monoisotopic (exact) mass is 288 g/mol. The van der Waals surface area contributed by atoms with E-state index in [1.54, 1.807) is 13.1 Å². The number of hydrogen-bond donors (Lipinski definition) is 1. The third kappa shape index (κ3) is 2.35. The summed E-state index contributed by atoms with van der Waals surface area (Å²) in [5, 5.41) is 9.48. The average molecular weight is 289 g/mol. The lowest BCUT2D eigenvalue weighted by Crippen LogP contribution is -2.25. The molecule has 5 heteroatoms. The number of nitrogens with zero attached hydrogens (tertiary/aromatic N) is 2. The van der Waals surface area contributed by atoms with Crippen LogP contribution in [0.1, 0.15) is 13.3 Å². The molecule has 0 bridgehead atoms. The first-order chi connectivity index (χ1) is 7.58. The summed E-state index contributed by atoms with van der Waals surface area (Å²) in [7, 11) is 0. The molecule has 1 aliphatic rings. The Morgan fingerprint density at radius 3 is 3.00 bits per heavy atom. The Morgan fingerprint density at radius 2 is 2.44 bits per heavy atom. The van der Waals surface area contributed by atoms with Gasteiger partial charge in [0.05, 0.1) is 6.10 Å². The van der Waals surface area contributed by atoms with Crippen LogP contribution in [-0.4, -0.2) is 29.3 Å². The van der Waals surface area contributed by atoms with Crippen LogP contribution in [0, 0.1) is 11.7 Å². The molecular formula is C11H14BrFN2O. The molecule has 2 heterocycles. The average Bonchev–Trinajstić information content (AvgIpc) is 2.66. The van der Waals surface area contributed by atoms with Gasteiger partial charge in [0.15, 0.2) is 11.6 Å². The summed E-state index contributed by atoms with van der Waals surface area (Å²) in [4.78, 5) is 5.96. The minimum Gasteiger partial charge on any atom is -0.393 e. The van der Waals surface area contributed by atoms with Crippen LogP contribution in [0.4, 0.5) is 10.2 Å². The van der Waals surface area contributed by atoms with E-state index in [1.807, 2.05) is 4.90 Å². The lowest BCUT2D eigenvalue weighted by atomic mass is 10.0. The quantitative estimate of drug-likeness (QED) is 0.906. The Labute approximate surface area is 102 Å². The number of hydrogen-bond acceptors (Lipinski definition) is 3. The number of anilines is 1. The molecule has 1 aromatic rings. The van der Waals surface area contributed by atoms with Crippen molar-refractivity contribution in [3.05, 3.63) is 22.6 Å². The fourth-order valence-electron chi connectivity index (χ4n) is 2.01. The molecule has 1 aliphatic heterocycles. The molecule has 1 N–H and O–H groups in total. The Balaban J connectivity index is 2.14. The highest BCUT2D eigenvalue weighted by Crippen LogP contribution is 2.27. The SMILES string of the molecule is CC(O)C1CCN(c2ncc(Br)cc2F)C1. The van der Waals surface area contributed by atoms with Crippen molar-refractivity contribution in [1.29, 1.82) is 0 Å². The van der Waals surface area contributed by atoms with Gasteiger partial charge in [0, 0.05) is 29.7 Å². The van der Waals surface area contributed by atoms with Gasteiger partial charge in [0.25, 0.3) is 0 Å². The van der Waals surface area contributed by atoms with Gasteiger partial charge in [-0.05, 0) is 35.3 Å². The molecule has 0 aliphatic carbocycles. The molecule has 0 spiro atoms. The van der Waals surface area contributed by atoms with Crippen molar-refractivity contribution in [2.24, 2.45) is 5.92 Å². The molecule has 0 amide bonds. The van der Waals surface area contributed by atoms with E-state index in [-0.39, 0.29) is 17.8 Å². The summed E-state index contributed by atoms with van der Waals surface area (Å²) in [6.07, 6.45) is 2.13. The molecule has 0 saturated carbocycles. The molecule has 2 unspecified atom stereocenters. The summed E-state index contributed by atoms with van der Waals surface area (Å²) < 4.78 is 14.3. The Kier molecular flexibility index (Phi) is 3.44. The third-order valence-corrected chi connectivity index (χ3v) is 3.43. The van der Waals surface area contributed by atoms with Gasteiger partial charge in [-0.1, -0.05) is 0 Å². The van der Waals surface area contributed by atoms with Crippen LogP contribution in [0.25, 0.3) is 0 Å². The maximum atomic E-state index is 13.6.